The Balaban J connectivity index is 3.06. The molecule has 0 aliphatic rings. The number of ether oxygens (including phenoxy) is 1. The molecule has 0 aromatic rings. The Morgan fingerprint density at radius 3 is 2.89 bits per heavy atom. The van der Waals surface area contributed by atoms with E-state index in [0.29, 0.717) is 0 Å². The van der Waals surface area contributed by atoms with Crippen molar-refractivity contribution in [2.45, 2.75) is 0 Å². The van der Waals surface area contributed by atoms with Gasteiger partial charge in [-0.1, -0.05) is 0 Å². The molecule has 4 heteroatoms. The monoisotopic (exact) mass is 132 g/mol. The Hall–Kier alpha value is -0.610. The zero-order valence-corrected chi connectivity index (χ0v) is 5.33. The minimum atomic E-state index is -0.327. The van der Waals surface area contributed by atoms with Crippen LogP contribution in [0.4, 0.5) is 0 Å². The standard InChI is InChI=1S/C5H10NO3/c1-9-4-5(8)6-2-3-7/h7H,2-4H2,1H3. The number of aliphatic hydroxyl groups excluding tert-OH is 1. The summed E-state index contributed by atoms with van der Waals surface area (Å²) in [5, 5.41) is 11.6. The SMILES string of the molecule is COCC(=O)[N]CCO. The van der Waals surface area contributed by atoms with E-state index in [-0.39, 0.29) is 25.7 Å². The Labute approximate surface area is 53.8 Å². The number of carbonyl (C=O) groups excluding carboxylic acids is 1. The Kier molecular flexibility index (Phi) is 5.15. The van der Waals surface area contributed by atoms with Gasteiger partial charge in [0.05, 0.1) is 13.2 Å². The molecule has 0 aromatic heterocycles. The van der Waals surface area contributed by atoms with Crippen LogP contribution in [0.3, 0.4) is 0 Å². The van der Waals surface area contributed by atoms with E-state index in [1.807, 2.05) is 0 Å². The van der Waals surface area contributed by atoms with Gasteiger partial charge in [0.1, 0.15) is 6.61 Å². The Morgan fingerprint density at radius 2 is 2.44 bits per heavy atom. The van der Waals surface area contributed by atoms with Crippen LogP contribution in [-0.4, -0.2) is 37.9 Å². The number of rotatable bonds is 4. The maximum atomic E-state index is 10.4. The first-order valence-corrected chi connectivity index (χ1v) is 2.61. The molecule has 0 aromatic carbocycles. The highest BCUT2D eigenvalue weighted by Gasteiger charge is 1.98. The molecule has 0 spiro atoms. The molecular formula is C5H10NO3. The van der Waals surface area contributed by atoms with Crippen LogP contribution in [0.1, 0.15) is 0 Å². The first-order chi connectivity index (χ1) is 4.31. The smallest absolute Gasteiger partial charge is 0.267 e. The molecule has 1 N–H and O–H groups in total. The fourth-order valence-electron chi connectivity index (χ4n) is 0.344. The Morgan fingerprint density at radius 1 is 1.78 bits per heavy atom. The maximum absolute atomic E-state index is 10.4. The second-order valence-corrected chi connectivity index (χ2v) is 1.43. The molecule has 4 nitrogen and oxygen atoms in total. The van der Waals surface area contributed by atoms with Crippen molar-refractivity contribution < 1.29 is 14.6 Å². The van der Waals surface area contributed by atoms with Crippen molar-refractivity contribution in [3.8, 4) is 0 Å². The predicted molar refractivity (Wildman–Crippen MR) is 31.0 cm³/mol. The minimum absolute atomic E-state index is 0.000000000000000222. The summed E-state index contributed by atoms with van der Waals surface area (Å²) in [6.45, 7) is 0.0810. The van der Waals surface area contributed by atoms with Crippen LogP contribution in [0.5, 0.6) is 0 Å². The lowest BCUT2D eigenvalue weighted by Gasteiger charge is -1.96. The van der Waals surface area contributed by atoms with E-state index >= 15 is 0 Å². The number of hydrogen-bond donors (Lipinski definition) is 1. The zero-order chi connectivity index (χ0) is 7.11. The number of methoxy groups -OCH3 is 1. The lowest BCUT2D eigenvalue weighted by molar-refractivity contribution is -0.125. The highest BCUT2D eigenvalue weighted by Crippen LogP contribution is 1.69. The largest absolute Gasteiger partial charge is 0.394 e. The molecule has 0 aliphatic heterocycles. The Bertz CT molecular complexity index is 84.3. The predicted octanol–water partition coefficient (Wildman–Crippen LogP) is -1.24. The third-order valence-electron chi connectivity index (χ3n) is 0.656. The molecule has 53 valence electrons. The molecule has 0 aliphatic carbocycles. The molecule has 0 heterocycles. The maximum Gasteiger partial charge on any atom is 0.267 e. The normalized spacial score (nSPS) is 9.11. The lowest BCUT2D eigenvalue weighted by Crippen LogP contribution is -2.22. The molecule has 0 saturated heterocycles. The van der Waals surface area contributed by atoms with Crippen LogP contribution in [0.2, 0.25) is 0 Å². The number of hydrogen-bond acceptors (Lipinski definition) is 3. The van der Waals surface area contributed by atoms with Crippen molar-refractivity contribution in [2.75, 3.05) is 26.9 Å². The quantitative estimate of drug-likeness (QED) is 0.520. The summed E-state index contributed by atoms with van der Waals surface area (Å²) in [5.41, 5.74) is 0. The molecule has 0 bridgehead atoms. The van der Waals surface area contributed by atoms with Gasteiger partial charge in [-0.15, -0.1) is 0 Å². The first kappa shape index (κ1) is 8.39. The summed E-state index contributed by atoms with van der Waals surface area (Å²) in [4.78, 5) is 10.4. The van der Waals surface area contributed by atoms with Crippen LogP contribution in [0.25, 0.3) is 0 Å². The molecule has 9 heavy (non-hydrogen) atoms. The van der Waals surface area contributed by atoms with Crippen molar-refractivity contribution in [1.29, 1.82) is 0 Å². The van der Waals surface area contributed by atoms with Gasteiger partial charge in [0.15, 0.2) is 0 Å². The number of nitrogens with zero attached hydrogens (tertiary/aromatic N) is 1. The van der Waals surface area contributed by atoms with E-state index < -0.39 is 0 Å². The number of amides is 1. The van der Waals surface area contributed by atoms with E-state index in [4.69, 9.17) is 5.11 Å². The fraction of sp³-hybridized carbons (Fsp3) is 0.800. The average molecular weight is 132 g/mol. The summed E-state index contributed by atoms with van der Waals surface area (Å²) in [6.07, 6.45) is 0. The van der Waals surface area contributed by atoms with Crippen molar-refractivity contribution in [2.24, 2.45) is 0 Å². The van der Waals surface area contributed by atoms with Crippen LogP contribution >= 0.6 is 0 Å². The molecule has 1 amide bonds. The zero-order valence-electron chi connectivity index (χ0n) is 5.33. The van der Waals surface area contributed by atoms with E-state index in [0.717, 1.165) is 0 Å². The molecule has 0 saturated carbocycles. The lowest BCUT2D eigenvalue weighted by atomic mass is 10.6. The summed E-state index contributed by atoms with van der Waals surface area (Å²) >= 11 is 0. The number of carbonyl (C=O) groups is 1. The van der Waals surface area contributed by atoms with Gasteiger partial charge in [-0.2, -0.15) is 0 Å². The highest BCUT2D eigenvalue weighted by molar-refractivity contribution is 5.76. The van der Waals surface area contributed by atoms with Crippen molar-refractivity contribution in [3.05, 3.63) is 0 Å². The first-order valence-electron chi connectivity index (χ1n) is 2.61. The van der Waals surface area contributed by atoms with Crippen LogP contribution in [-0.2, 0) is 9.53 Å². The van der Waals surface area contributed by atoms with Gasteiger partial charge in [0.25, 0.3) is 5.91 Å². The third kappa shape index (κ3) is 5.26. The number of aliphatic hydroxyl groups is 1. The minimum Gasteiger partial charge on any atom is -0.394 e. The van der Waals surface area contributed by atoms with E-state index in [1.54, 1.807) is 0 Å². The summed E-state index contributed by atoms with van der Waals surface area (Å²) in [6, 6.07) is 0. The molecular weight excluding hydrogens is 122 g/mol. The summed E-state index contributed by atoms with van der Waals surface area (Å²) in [7, 11) is 1.42. The van der Waals surface area contributed by atoms with Crippen molar-refractivity contribution in [1.82, 2.24) is 5.32 Å². The third-order valence-corrected chi connectivity index (χ3v) is 0.656. The summed E-state index contributed by atoms with van der Waals surface area (Å²) in [5.74, 6) is -0.327. The van der Waals surface area contributed by atoms with Crippen LogP contribution < -0.4 is 5.32 Å². The molecule has 0 rings (SSSR count). The fourth-order valence-corrected chi connectivity index (χ4v) is 0.344. The topological polar surface area (TPSA) is 60.6 Å². The van der Waals surface area contributed by atoms with E-state index in [2.05, 4.69) is 10.1 Å². The van der Waals surface area contributed by atoms with Gasteiger partial charge in [-0.05, 0) is 0 Å². The second-order valence-electron chi connectivity index (χ2n) is 1.43. The molecule has 0 fully saturated rings. The molecule has 0 atom stereocenters. The van der Waals surface area contributed by atoms with Crippen molar-refractivity contribution >= 4 is 5.91 Å². The van der Waals surface area contributed by atoms with Gasteiger partial charge >= 0.3 is 0 Å². The van der Waals surface area contributed by atoms with Crippen LogP contribution in [0.15, 0.2) is 0 Å². The van der Waals surface area contributed by atoms with Gasteiger partial charge in [0.2, 0.25) is 0 Å². The van der Waals surface area contributed by atoms with Gasteiger partial charge in [0, 0.05) is 7.11 Å². The van der Waals surface area contributed by atoms with Crippen molar-refractivity contribution in [3.63, 3.8) is 0 Å². The van der Waals surface area contributed by atoms with Gasteiger partial charge in [-0.25, -0.2) is 5.32 Å². The second kappa shape index (κ2) is 5.53. The van der Waals surface area contributed by atoms with E-state index in [1.165, 1.54) is 7.11 Å². The van der Waals surface area contributed by atoms with Crippen LogP contribution in [0, 0.1) is 0 Å². The van der Waals surface area contributed by atoms with E-state index in [9.17, 15) is 4.79 Å². The van der Waals surface area contributed by atoms with Gasteiger partial charge in [-0.3, -0.25) is 4.79 Å². The highest BCUT2D eigenvalue weighted by atomic mass is 16.5. The molecule has 0 unspecified atom stereocenters. The summed E-state index contributed by atoms with van der Waals surface area (Å²) < 4.78 is 4.48. The molecule has 1 radical (unpaired) electrons. The average Bonchev–Trinajstić information content (AvgIpc) is 1.85. The van der Waals surface area contributed by atoms with Gasteiger partial charge < -0.3 is 9.84 Å².